The van der Waals surface area contributed by atoms with E-state index in [9.17, 15) is 9.59 Å². The number of hydrogen-bond acceptors (Lipinski definition) is 4. The molecule has 7 heteroatoms. The number of nitrogens with one attached hydrogen (secondary N) is 1. The highest BCUT2D eigenvalue weighted by Crippen LogP contribution is 2.25. The fraction of sp³-hybridized carbons (Fsp3) is 0.241. The Morgan fingerprint density at radius 2 is 1.61 bits per heavy atom. The highest BCUT2D eigenvalue weighted by Gasteiger charge is 2.16. The number of rotatable bonds is 9. The van der Waals surface area contributed by atoms with Gasteiger partial charge in [0.1, 0.15) is 0 Å². The van der Waals surface area contributed by atoms with E-state index in [1.54, 1.807) is 22.9 Å². The van der Waals surface area contributed by atoms with Gasteiger partial charge in [-0.2, -0.15) is 0 Å². The molecule has 0 aliphatic rings. The molecule has 3 N–H and O–H groups in total. The maximum atomic E-state index is 12.5. The molecular weight excluding hydrogens is 452 g/mol. The van der Waals surface area contributed by atoms with Gasteiger partial charge in [-0.05, 0) is 47.7 Å². The molecule has 0 bridgehead atoms. The van der Waals surface area contributed by atoms with Crippen LogP contribution in [-0.4, -0.2) is 15.2 Å². The van der Waals surface area contributed by atoms with Crippen molar-refractivity contribution in [2.24, 2.45) is 5.73 Å². The van der Waals surface area contributed by atoms with Crippen molar-refractivity contribution >= 4 is 6.09 Å². The third kappa shape index (κ3) is 6.12. The standard InChI is InChI=1S/C29H32N4O3/c1-3-33-26(17-22-7-13-25(14-8-22)20-32-15-5-4-6-27(32)34)21(2)16-28(33)36-29(35)31-19-24-11-9-23(18-30)10-12-24/h4-16H,3,17-20,30H2,1-2H3,(H,31,35). The molecule has 7 nitrogen and oxygen atoms in total. The van der Waals surface area contributed by atoms with Gasteiger partial charge in [-0.25, -0.2) is 4.79 Å². The second-order valence-electron chi connectivity index (χ2n) is 8.78. The molecule has 0 radical (unpaired) electrons. The smallest absolute Gasteiger partial charge is 0.393 e. The summed E-state index contributed by atoms with van der Waals surface area (Å²) in [6, 6.07) is 23.1. The number of pyridine rings is 1. The Balaban J connectivity index is 1.40. The molecule has 2 aromatic carbocycles. The summed E-state index contributed by atoms with van der Waals surface area (Å²) >= 11 is 0. The summed E-state index contributed by atoms with van der Waals surface area (Å²) in [5, 5.41) is 2.81. The van der Waals surface area contributed by atoms with Gasteiger partial charge in [0.05, 0.1) is 6.54 Å². The van der Waals surface area contributed by atoms with Gasteiger partial charge in [-0.15, -0.1) is 0 Å². The fourth-order valence-electron chi connectivity index (χ4n) is 4.20. The van der Waals surface area contributed by atoms with Gasteiger partial charge >= 0.3 is 6.09 Å². The van der Waals surface area contributed by atoms with E-state index in [-0.39, 0.29) is 5.56 Å². The number of carbonyl (C=O) groups excluding carboxylic acids is 1. The molecule has 0 aliphatic carbocycles. The van der Waals surface area contributed by atoms with Crippen LogP contribution in [0.15, 0.2) is 83.8 Å². The summed E-state index contributed by atoms with van der Waals surface area (Å²) in [4.78, 5) is 24.4. The molecular formula is C29H32N4O3. The Kier molecular flexibility index (Phi) is 8.02. The zero-order valence-corrected chi connectivity index (χ0v) is 20.7. The molecule has 36 heavy (non-hydrogen) atoms. The SMILES string of the molecule is CCn1c(OC(=O)NCc2ccc(CN)cc2)cc(C)c1Cc1ccc(Cn2ccccc2=O)cc1. The monoisotopic (exact) mass is 484 g/mol. The van der Waals surface area contributed by atoms with E-state index < -0.39 is 6.09 Å². The van der Waals surface area contributed by atoms with E-state index in [0.717, 1.165) is 33.5 Å². The van der Waals surface area contributed by atoms with Crippen LogP contribution in [0.25, 0.3) is 0 Å². The van der Waals surface area contributed by atoms with E-state index in [4.69, 9.17) is 10.5 Å². The van der Waals surface area contributed by atoms with Gasteiger partial charge in [0.2, 0.25) is 5.88 Å². The summed E-state index contributed by atoms with van der Waals surface area (Å²) in [7, 11) is 0. The van der Waals surface area contributed by atoms with Crippen molar-refractivity contribution in [1.82, 2.24) is 14.5 Å². The lowest BCUT2D eigenvalue weighted by Gasteiger charge is -2.13. The summed E-state index contributed by atoms with van der Waals surface area (Å²) < 4.78 is 9.38. The average molecular weight is 485 g/mol. The number of hydrogen-bond donors (Lipinski definition) is 2. The number of nitrogens with zero attached hydrogens (tertiary/aromatic N) is 2. The molecule has 0 saturated carbocycles. The van der Waals surface area contributed by atoms with E-state index in [1.165, 1.54) is 0 Å². The number of ether oxygens (including phenoxy) is 1. The minimum atomic E-state index is -0.489. The molecule has 1 amide bonds. The Morgan fingerprint density at radius 3 is 2.28 bits per heavy atom. The topological polar surface area (TPSA) is 91.3 Å². The number of carbonyl (C=O) groups is 1. The lowest BCUT2D eigenvalue weighted by molar-refractivity contribution is 0.196. The zero-order chi connectivity index (χ0) is 25.5. The molecule has 0 spiro atoms. The van der Waals surface area contributed by atoms with Crippen LogP contribution in [0.4, 0.5) is 4.79 Å². The predicted molar refractivity (Wildman–Crippen MR) is 141 cm³/mol. The lowest BCUT2D eigenvalue weighted by atomic mass is 10.1. The summed E-state index contributed by atoms with van der Waals surface area (Å²) in [6.07, 6.45) is 2.02. The zero-order valence-electron chi connectivity index (χ0n) is 20.7. The fourth-order valence-corrected chi connectivity index (χ4v) is 4.20. The van der Waals surface area contributed by atoms with Gasteiger partial charge in [0.25, 0.3) is 5.56 Å². The minimum Gasteiger partial charge on any atom is -0.393 e. The summed E-state index contributed by atoms with van der Waals surface area (Å²) in [6.45, 7) is 6.15. The first-order chi connectivity index (χ1) is 17.5. The molecule has 0 saturated heterocycles. The number of aromatic nitrogens is 2. The highest BCUT2D eigenvalue weighted by atomic mass is 16.6. The number of amides is 1. The first-order valence-electron chi connectivity index (χ1n) is 12.1. The van der Waals surface area contributed by atoms with Gasteiger partial charge in [-0.1, -0.05) is 54.6 Å². The lowest BCUT2D eigenvalue weighted by Crippen LogP contribution is -2.27. The number of aryl methyl sites for hydroxylation is 1. The first-order valence-corrected chi connectivity index (χ1v) is 12.1. The summed E-state index contributed by atoms with van der Waals surface area (Å²) in [5.74, 6) is 0.529. The van der Waals surface area contributed by atoms with Crippen molar-refractivity contribution in [3.8, 4) is 5.88 Å². The third-order valence-corrected chi connectivity index (χ3v) is 6.24. The molecule has 0 atom stereocenters. The van der Waals surface area contributed by atoms with Crippen LogP contribution in [0.5, 0.6) is 5.88 Å². The van der Waals surface area contributed by atoms with Crippen molar-refractivity contribution in [3.05, 3.63) is 123 Å². The Morgan fingerprint density at radius 1 is 0.944 bits per heavy atom. The first kappa shape index (κ1) is 25.0. The van der Waals surface area contributed by atoms with Crippen LogP contribution in [0.3, 0.4) is 0 Å². The van der Waals surface area contributed by atoms with Crippen molar-refractivity contribution in [2.75, 3.05) is 0 Å². The Labute approximate surface area is 211 Å². The van der Waals surface area contributed by atoms with Gasteiger partial charge < -0.3 is 24.9 Å². The molecule has 0 aliphatic heterocycles. The van der Waals surface area contributed by atoms with Crippen molar-refractivity contribution in [1.29, 1.82) is 0 Å². The van der Waals surface area contributed by atoms with Crippen LogP contribution >= 0.6 is 0 Å². The molecule has 2 heterocycles. The van der Waals surface area contributed by atoms with Crippen LogP contribution in [0, 0.1) is 6.92 Å². The van der Waals surface area contributed by atoms with Crippen LogP contribution < -0.4 is 21.3 Å². The van der Waals surface area contributed by atoms with Crippen molar-refractivity contribution in [3.63, 3.8) is 0 Å². The Hall–Kier alpha value is -4.10. The molecule has 4 rings (SSSR count). The third-order valence-electron chi connectivity index (χ3n) is 6.24. The van der Waals surface area contributed by atoms with Crippen molar-refractivity contribution in [2.45, 2.75) is 46.4 Å². The van der Waals surface area contributed by atoms with E-state index in [0.29, 0.717) is 38.5 Å². The normalized spacial score (nSPS) is 10.9. The number of benzene rings is 2. The predicted octanol–water partition coefficient (Wildman–Crippen LogP) is 4.36. The van der Waals surface area contributed by atoms with Gasteiger partial charge in [-0.3, -0.25) is 4.79 Å². The molecule has 0 unspecified atom stereocenters. The van der Waals surface area contributed by atoms with Crippen molar-refractivity contribution < 1.29 is 9.53 Å². The van der Waals surface area contributed by atoms with Gasteiger partial charge in [0, 0.05) is 50.1 Å². The second-order valence-corrected chi connectivity index (χ2v) is 8.78. The van der Waals surface area contributed by atoms with E-state index in [1.807, 2.05) is 66.9 Å². The van der Waals surface area contributed by atoms with E-state index in [2.05, 4.69) is 17.4 Å². The molecule has 0 fully saturated rings. The second kappa shape index (κ2) is 11.6. The maximum absolute atomic E-state index is 12.5. The summed E-state index contributed by atoms with van der Waals surface area (Å²) in [5.41, 5.74) is 12.0. The van der Waals surface area contributed by atoms with Gasteiger partial charge in [0.15, 0.2) is 0 Å². The number of nitrogens with two attached hydrogens (primary N) is 1. The van der Waals surface area contributed by atoms with Crippen LogP contribution in [-0.2, 0) is 32.6 Å². The minimum absolute atomic E-state index is 0.0148. The van der Waals surface area contributed by atoms with Crippen LogP contribution in [0.1, 0.15) is 40.4 Å². The largest absolute Gasteiger partial charge is 0.414 e. The molecule has 2 aromatic heterocycles. The highest BCUT2D eigenvalue weighted by molar-refractivity contribution is 5.70. The maximum Gasteiger partial charge on any atom is 0.414 e. The Bertz CT molecular complexity index is 1370. The molecule has 186 valence electrons. The van der Waals surface area contributed by atoms with Crippen LogP contribution in [0.2, 0.25) is 0 Å². The average Bonchev–Trinajstić information content (AvgIpc) is 3.18. The molecule has 4 aromatic rings. The van der Waals surface area contributed by atoms with E-state index >= 15 is 0 Å². The quantitative estimate of drug-likeness (QED) is 0.369.